The van der Waals surface area contributed by atoms with Gasteiger partial charge in [0.05, 0.1) is 0 Å². The van der Waals surface area contributed by atoms with Crippen LogP contribution in [0.3, 0.4) is 0 Å². The van der Waals surface area contributed by atoms with Crippen molar-refractivity contribution in [3.8, 4) is 0 Å². The van der Waals surface area contributed by atoms with Gasteiger partial charge in [0.25, 0.3) is 0 Å². The fourth-order valence-corrected chi connectivity index (χ4v) is 2.75. The van der Waals surface area contributed by atoms with Gasteiger partial charge in [0.1, 0.15) is 0 Å². The van der Waals surface area contributed by atoms with Gasteiger partial charge in [-0.25, -0.2) is 0 Å². The quantitative estimate of drug-likeness (QED) is 0.837. The molecule has 1 aliphatic rings. The summed E-state index contributed by atoms with van der Waals surface area (Å²) in [6, 6.07) is 17.0. The number of benzene rings is 2. The second-order valence-electron chi connectivity index (χ2n) is 5.98. The minimum atomic E-state index is 0.814. The van der Waals surface area contributed by atoms with Crippen molar-refractivity contribution in [3.05, 3.63) is 88.6 Å². The van der Waals surface area contributed by atoms with E-state index in [2.05, 4.69) is 42.5 Å². The van der Waals surface area contributed by atoms with Gasteiger partial charge < -0.3 is 11.5 Å². The third-order valence-corrected chi connectivity index (χ3v) is 4.11. The molecule has 0 unspecified atom stereocenters. The van der Waals surface area contributed by atoms with E-state index in [1.54, 1.807) is 0 Å². The molecule has 1 aliphatic carbocycles. The fraction of sp³-hybridized carbons (Fsp3) is 0.200. The van der Waals surface area contributed by atoms with Crippen LogP contribution in [0.4, 0.5) is 5.69 Å². The van der Waals surface area contributed by atoms with Crippen LogP contribution in [0.5, 0.6) is 0 Å². The summed E-state index contributed by atoms with van der Waals surface area (Å²) in [6.07, 6.45) is 8.24. The molecule has 0 aromatic heterocycles. The van der Waals surface area contributed by atoms with E-state index in [0.717, 1.165) is 37.1 Å². The van der Waals surface area contributed by atoms with Crippen LogP contribution in [0, 0.1) is 0 Å². The summed E-state index contributed by atoms with van der Waals surface area (Å²) in [5.74, 6) is 0. The molecule has 2 aromatic rings. The summed E-state index contributed by atoms with van der Waals surface area (Å²) in [7, 11) is 0. The van der Waals surface area contributed by atoms with Crippen LogP contribution in [0.15, 0.2) is 72.0 Å². The highest BCUT2D eigenvalue weighted by atomic mass is 14.6. The zero-order valence-electron chi connectivity index (χ0n) is 12.8. The molecular formula is C20H22N2. The number of nitrogens with two attached hydrogens (primary N) is 2. The molecule has 0 bridgehead atoms. The molecule has 2 aromatic carbocycles. The Morgan fingerprint density at radius 3 is 1.73 bits per heavy atom. The monoisotopic (exact) mass is 290 g/mol. The van der Waals surface area contributed by atoms with Gasteiger partial charge in [-0.2, -0.15) is 0 Å². The molecule has 0 saturated carbocycles. The lowest BCUT2D eigenvalue weighted by Crippen LogP contribution is -2.03. The van der Waals surface area contributed by atoms with Gasteiger partial charge in [-0.3, -0.25) is 0 Å². The predicted octanol–water partition coefficient (Wildman–Crippen LogP) is 3.96. The van der Waals surface area contributed by atoms with Crippen molar-refractivity contribution in [1.82, 2.24) is 0 Å². The lowest BCUT2D eigenvalue weighted by Gasteiger charge is -2.12. The number of hydrogen-bond acceptors (Lipinski definition) is 2. The molecule has 0 aliphatic heterocycles. The molecule has 2 heteroatoms. The molecule has 4 N–H and O–H groups in total. The average Bonchev–Trinajstić information content (AvgIpc) is 2.54. The predicted molar refractivity (Wildman–Crippen MR) is 93.4 cm³/mol. The Hall–Kier alpha value is -2.48. The average molecular weight is 290 g/mol. The van der Waals surface area contributed by atoms with Crippen molar-refractivity contribution in [2.24, 2.45) is 5.73 Å². The highest BCUT2D eigenvalue weighted by Gasteiger charge is 2.05. The minimum absolute atomic E-state index is 0.814. The molecular weight excluding hydrogens is 268 g/mol. The lowest BCUT2D eigenvalue weighted by molar-refractivity contribution is 0.859. The largest absolute Gasteiger partial charge is 0.402 e. The van der Waals surface area contributed by atoms with Crippen LogP contribution in [0.1, 0.15) is 29.5 Å². The molecule has 22 heavy (non-hydrogen) atoms. The number of nitrogen functional groups attached to an aromatic ring is 1. The maximum Gasteiger partial charge on any atom is 0.0314 e. The van der Waals surface area contributed by atoms with Gasteiger partial charge in [0.15, 0.2) is 0 Å². The number of hydrogen-bond donors (Lipinski definition) is 2. The van der Waals surface area contributed by atoms with Crippen LogP contribution < -0.4 is 11.5 Å². The zero-order chi connectivity index (χ0) is 15.4. The normalized spacial score (nSPS) is 14.4. The maximum absolute atomic E-state index is 5.80. The molecule has 0 saturated heterocycles. The Bertz CT molecular complexity index is 691. The number of allylic oxidation sites excluding steroid dienone is 4. The van der Waals surface area contributed by atoms with E-state index in [1.165, 1.54) is 22.3 Å². The zero-order valence-corrected chi connectivity index (χ0v) is 12.8. The van der Waals surface area contributed by atoms with Crippen LogP contribution in [-0.2, 0) is 12.8 Å². The molecule has 0 fully saturated rings. The van der Waals surface area contributed by atoms with Crippen LogP contribution in [0.2, 0.25) is 0 Å². The Balaban J connectivity index is 1.64. The SMILES string of the molecule is NC1=CC=C(Cc2ccc(Cc3ccc(N)cc3)cc2)CC1. The first-order valence-corrected chi connectivity index (χ1v) is 7.75. The number of anilines is 1. The third-order valence-electron chi connectivity index (χ3n) is 4.11. The van der Waals surface area contributed by atoms with Crippen molar-refractivity contribution in [3.63, 3.8) is 0 Å². The molecule has 0 radical (unpaired) electrons. The van der Waals surface area contributed by atoms with Crippen LogP contribution in [-0.4, -0.2) is 0 Å². The maximum atomic E-state index is 5.80. The molecule has 112 valence electrons. The summed E-state index contributed by atoms with van der Waals surface area (Å²) in [5, 5.41) is 0. The van der Waals surface area contributed by atoms with Gasteiger partial charge in [0, 0.05) is 11.4 Å². The van der Waals surface area contributed by atoms with Crippen LogP contribution in [0.25, 0.3) is 0 Å². The van der Waals surface area contributed by atoms with Gasteiger partial charge in [-0.05, 0) is 60.6 Å². The summed E-state index contributed by atoms with van der Waals surface area (Å²) in [6.45, 7) is 0. The third kappa shape index (κ3) is 3.79. The molecule has 0 spiro atoms. The summed E-state index contributed by atoms with van der Waals surface area (Å²) in [4.78, 5) is 0. The first-order chi connectivity index (χ1) is 10.7. The topological polar surface area (TPSA) is 52.0 Å². The van der Waals surface area contributed by atoms with E-state index in [-0.39, 0.29) is 0 Å². The Morgan fingerprint density at radius 2 is 1.18 bits per heavy atom. The van der Waals surface area contributed by atoms with Gasteiger partial charge >= 0.3 is 0 Å². The molecule has 3 rings (SSSR count). The second-order valence-corrected chi connectivity index (χ2v) is 5.98. The van der Waals surface area contributed by atoms with Crippen molar-refractivity contribution in [2.45, 2.75) is 25.7 Å². The standard InChI is InChI=1S/C20H22N2/c21-19-9-5-17(6-10-19)13-15-1-2-16(4-3-15)14-18-7-11-20(22)12-8-18/h1-7,9-11H,8,12-14,21-22H2. The highest BCUT2D eigenvalue weighted by Crippen LogP contribution is 2.20. The molecule has 0 atom stereocenters. The lowest BCUT2D eigenvalue weighted by atomic mass is 9.95. The Morgan fingerprint density at radius 1 is 0.636 bits per heavy atom. The number of rotatable bonds is 4. The van der Waals surface area contributed by atoms with Crippen molar-refractivity contribution < 1.29 is 0 Å². The summed E-state index contributed by atoms with van der Waals surface area (Å²) in [5.41, 5.74) is 18.8. The Labute approximate surface area is 132 Å². The second kappa shape index (κ2) is 6.52. The first-order valence-electron chi connectivity index (χ1n) is 7.75. The molecule has 0 heterocycles. The highest BCUT2D eigenvalue weighted by molar-refractivity contribution is 5.41. The summed E-state index contributed by atoms with van der Waals surface area (Å²) >= 11 is 0. The van der Waals surface area contributed by atoms with Gasteiger partial charge in [0.2, 0.25) is 0 Å². The summed E-state index contributed by atoms with van der Waals surface area (Å²) < 4.78 is 0. The van der Waals surface area contributed by atoms with Crippen molar-refractivity contribution >= 4 is 5.69 Å². The van der Waals surface area contributed by atoms with Gasteiger partial charge in [-0.1, -0.05) is 48.0 Å². The first kappa shape index (κ1) is 14.5. The van der Waals surface area contributed by atoms with Crippen molar-refractivity contribution in [2.75, 3.05) is 5.73 Å². The van der Waals surface area contributed by atoms with Crippen molar-refractivity contribution in [1.29, 1.82) is 0 Å². The van der Waals surface area contributed by atoms with E-state index >= 15 is 0 Å². The minimum Gasteiger partial charge on any atom is -0.402 e. The van der Waals surface area contributed by atoms with Crippen LogP contribution >= 0.6 is 0 Å². The van der Waals surface area contributed by atoms with E-state index in [0.29, 0.717) is 0 Å². The smallest absolute Gasteiger partial charge is 0.0314 e. The van der Waals surface area contributed by atoms with Gasteiger partial charge in [-0.15, -0.1) is 0 Å². The van der Waals surface area contributed by atoms with E-state index in [1.807, 2.05) is 18.2 Å². The molecule has 0 amide bonds. The fourth-order valence-electron chi connectivity index (χ4n) is 2.75. The van der Waals surface area contributed by atoms with E-state index in [4.69, 9.17) is 11.5 Å². The molecule has 2 nitrogen and oxygen atoms in total. The van der Waals surface area contributed by atoms with E-state index < -0.39 is 0 Å². The Kier molecular flexibility index (Phi) is 4.29. The van der Waals surface area contributed by atoms with E-state index in [9.17, 15) is 0 Å².